The van der Waals surface area contributed by atoms with Crippen molar-refractivity contribution in [3.05, 3.63) is 57.8 Å². The number of anilines is 2. The Balaban J connectivity index is 2.05. The lowest BCUT2D eigenvalue weighted by Crippen LogP contribution is -2.19. The molecule has 2 aromatic rings. The van der Waals surface area contributed by atoms with E-state index in [2.05, 4.69) is 26.6 Å². The van der Waals surface area contributed by atoms with Gasteiger partial charge in [0.05, 0.1) is 15.2 Å². The predicted octanol–water partition coefficient (Wildman–Crippen LogP) is 4.89. The number of amides is 2. The van der Waals surface area contributed by atoms with E-state index in [1.54, 1.807) is 18.2 Å². The summed E-state index contributed by atoms with van der Waals surface area (Å²) in [5, 5.41) is 5.72. The van der Waals surface area contributed by atoms with Crippen molar-refractivity contribution in [1.29, 1.82) is 0 Å². The van der Waals surface area contributed by atoms with Crippen LogP contribution in [0, 0.1) is 5.82 Å². The van der Waals surface area contributed by atoms with E-state index in [-0.39, 0.29) is 5.82 Å². The Labute approximate surface area is 122 Å². The Morgan fingerprint density at radius 2 is 1.79 bits per heavy atom. The molecule has 0 radical (unpaired) electrons. The molecule has 0 heterocycles. The number of carbonyl (C=O) groups is 1. The zero-order valence-electron chi connectivity index (χ0n) is 9.58. The molecule has 0 aromatic heterocycles. The van der Waals surface area contributed by atoms with Crippen LogP contribution in [0.1, 0.15) is 0 Å². The van der Waals surface area contributed by atoms with E-state index in [0.717, 1.165) is 0 Å². The normalized spacial score (nSPS) is 10.1. The Morgan fingerprint density at radius 3 is 2.47 bits per heavy atom. The van der Waals surface area contributed by atoms with Gasteiger partial charge in [0, 0.05) is 5.69 Å². The van der Waals surface area contributed by atoms with Crippen molar-refractivity contribution < 1.29 is 9.18 Å². The highest BCUT2D eigenvalue weighted by Gasteiger charge is 2.07. The van der Waals surface area contributed by atoms with Crippen LogP contribution < -0.4 is 10.6 Å². The quantitative estimate of drug-likeness (QED) is 0.801. The summed E-state index contributed by atoms with van der Waals surface area (Å²) in [5.74, 6) is -0.358. The fourth-order valence-corrected chi connectivity index (χ4v) is 1.96. The summed E-state index contributed by atoms with van der Waals surface area (Å²) >= 11 is 9.19. The van der Waals surface area contributed by atoms with Gasteiger partial charge in [-0.2, -0.15) is 0 Å². The Kier molecular flexibility index (Phi) is 4.39. The van der Waals surface area contributed by atoms with Crippen LogP contribution in [0.4, 0.5) is 20.6 Å². The van der Waals surface area contributed by atoms with E-state index in [9.17, 15) is 9.18 Å². The fraction of sp³-hybridized carbons (Fsp3) is 0. The average Bonchev–Trinajstić information content (AvgIpc) is 2.38. The Bertz CT molecular complexity index is 604. The molecule has 6 heteroatoms. The van der Waals surface area contributed by atoms with Crippen molar-refractivity contribution >= 4 is 44.9 Å². The van der Waals surface area contributed by atoms with Gasteiger partial charge in [0.25, 0.3) is 0 Å². The molecule has 0 aliphatic rings. The molecule has 0 aliphatic carbocycles. The van der Waals surface area contributed by atoms with Crippen LogP contribution in [-0.2, 0) is 0 Å². The van der Waals surface area contributed by atoms with E-state index in [0.29, 0.717) is 20.9 Å². The van der Waals surface area contributed by atoms with Crippen LogP contribution in [-0.4, -0.2) is 6.03 Å². The average molecular weight is 344 g/mol. The van der Waals surface area contributed by atoms with E-state index < -0.39 is 6.03 Å². The molecule has 98 valence electrons. The SMILES string of the molecule is O=C(Nc1ccc(F)cc1)Nc1cccc(Cl)c1Br. The lowest BCUT2D eigenvalue weighted by molar-refractivity contribution is 0.262. The largest absolute Gasteiger partial charge is 0.323 e. The molecular weight excluding hydrogens is 335 g/mol. The lowest BCUT2D eigenvalue weighted by Gasteiger charge is -2.09. The third kappa shape index (κ3) is 3.68. The molecule has 0 fully saturated rings. The van der Waals surface area contributed by atoms with Gasteiger partial charge in [-0.3, -0.25) is 0 Å². The van der Waals surface area contributed by atoms with E-state index >= 15 is 0 Å². The summed E-state index contributed by atoms with van der Waals surface area (Å²) in [6, 6.07) is 10.2. The van der Waals surface area contributed by atoms with E-state index in [1.807, 2.05) is 0 Å². The maximum Gasteiger partial charge on any atom is 0.323 e. The number of carbonyl (C=O) groups excluding carboxylic acids is 1. The monoisotopic (exact) mass is 342 g/mol. The van der Waals surface area contributed by atoms with Gasteiger partial charge in [-0.25, -0.2) is 9.18 Å². The van der Waals surface area contributed by atoms with Gasteiger partial charge in [-0.1, -0.05) is 17.7 Å². The van der Waals surface area contributed by atoms with Crippen LogP contribution in [0.2, 0.25) is 5.02 Å². The number of hydrogen-bond acceptors (Lipinski definition) is 1. The van der Waals surface area contributed by atoms with Gasteiger partial charge in [-0.15, -0.1) is 0 Å². The Morgan fingerprint density at radius 1 is 1.11 bits per heavy atom. The van der Waals surface area contributed by atoms with Crippen molar-refractivity contribution in [3.8, 4) is 0 Å². The minimum atomic E-state index is -0.436. The maximum absolute atomic E-state index is 12.7. The molecule has 0 unspecified atom stereocenters. The summed E-state index contributed by atoms with van der Waals surface area (Å²) in [6.07, 6.45) is 0. The Hall–Kier alpha value is -1.59. The first-order valence-electron chi connectivity index (χ1n) is 5.34. The molecule has 0 aliphatic heterocycles. The van der Waals surface area contributed by atoms with Crippen molar-refractivity contribution in [1.82, 2.24) is 0 Å². The van der Waals surface area contributed by atoms with Crippen LogP contribution in [0.25, 0.3) is 0 Å². The number of urea groups is 1. The first kappa shape index (κ1) is 13.8. The van der Waals surface area contributed by atoms with Gasteiger partial charge in [0.15, 0.2) is 0 Å². The van der Waals surface area contributed by atoms with Crippen LogP contribution in [0.5, 0.6) is 0 Å². The van der Waals surface area contributed by atoms with Crippen molar-refractivity contribution in [2.24, 2.45) is 0 Å². The second-order valence-corrected chi connectivity index (χ2v) is 4.89. The molecule has 0 saturated carbocycles. The molecule has 0 bridgehead atoms. The summed E-state index contributed by atoms with van der Waals surface area (Å²) in [7, 11) is 0. The third-order valence-corrected chi connectivity index (χ3v) is 3.70. The first-order chi connectivity index (χ1) is 9.06. The van der Waals surface area contributed by atoms with Crippen molar-refractivity contribution in [3.63, 3.8) is 0 Å². The topological polar surface area (TPSA) is 41.1 Å². The molecule has 19 heavy (non-hydrogen) atoms. The van der Waals surface area contributed by atoms with Gasteiger partial charge in [0.1, 0.15) is 5.82 Å². The number of nitrogens with one attached hydrogen (secondary N) is 2. The molecule has 2 amide bonds. The standard InChI is InChI=1S/C13H9BrClFN2O/c14-12-10(15)2-1-3-11(12)18-13(19)17-9-6-4-8(16)5-7-9/h1-7H,(H2,17,18,19). The van der Waals surface area contributed by atoms with Crippen LogP contribution >= 0.6 is 27.5 Å². The van der Waals surface area contributed by atoms with Gasteiger partial charge in [-0.05, 0) is 52.3 Å². The molecular formula is C13H9BrClFN2O. The molecule has 2 aromatic carbocycles. The van der Waals surface area contributed by atoms with E-state index in [4.69, 9.17) is 11.6 Å². The summed E-state index contributed by atoms with van der Waals surface area (Å²) in [4.78, 5) is 11.8. The fourth-order valence-electron chi connectivity index (χ4n) is 1.42. The highest BCUT2D eigenvalue weighted by Crippen LogP contribution is 2.30. The van der Waals surface area contributed by atoms with Crippen molar-refractivity contribution in [2.45, 2.75) is 0 Å². The number of hydrogen-bond donors (Lipinski definition) is 2. The number of halogens is 3. The first-order valence-corrected chi connectivity index (χ1v) is 6.51. The van der Waals surface area contributed by atoms with Gasteiger partial charge in [0.2, 0.25) is 0 Å². The third-order valence-electron chi connectivity index (χ3n) is 2.30. The number of rotatable bonds is 2. The second-order valence-electron chi connectivity index (χ2n) is 3.69. The van der Waals surface area contributed by atoms with Gasteiger partial charge >= 0.3 is 6.03 Å². The minimum Gasteiger partial charge on any atom is -0.308 e. The molecule has 0 spiro atoms. The van der Waals surface area contributed by atoms with Crippen LogP contribution in [0.3, 0.4) is 0 Å². The molecule has 0 saturated heterocycles. The predicted molar refractivity (Wildman–Crippen MR) is 78.2 cm³/mol. The van der Waals surface area contributed by atoms with Gasteiger partial charge < -0.3 is 10.6 Å². The van der Waals surface area contributed by atoms with Crippen molar-refractivity contribution in [2.75, 3.05) is 10.6 Å². The summed E-state index contributed by atoms with van der Waals surface area (Å²) in [5.41, 5.74) is 1.05. The van der Waals surface area contributed by atoms with E-state index in [1.165, 1.54) is 24.3 Å². The highest BCUT2D eigenvalue weighted by atomic mass is 79.9. The maximum atomic E-state index is 12.7. The molecule has 2 rings (SSSR count). The highest BCUT2D eigenvalue weighted by molar-refractivity contribution is 9.10. The summed E-state index contributed by atoms with van der Waals surface area (Å²) in [6.45, 7) is 0. The molecule has 0 atom stereocenters. The lowest BCUT2D eigenvalue weighted by atomic mass is 10.3. The minimum absolute atomic E-state index is 0.358. The zero-order valence-corrected chi connectivity index (χ0v) is 11.9. The zero-order chi connectivity index (χ0) is 13.8. The molecule has 2 N–H and O–H groups in total. The van der Waals surface area contributed by atoms with Crippen LogP contribution in [0.15, 0.2) is 46.9 Å². The second kappa shape index (κ2) is 6.04. The molecule has 3 nitrogen and oxygen atoms in total. The smallest absolute Gasteiger partial charge is 0.308 e. The number of benzene rings is 2. The summed E-state index contributed by atoms with van der Waals surface area (Å²) < 4.78 is 13.3.